The van der Waals surface area contributed by atoms with Crippen molar-refractivity contribution in [2.75, 3.05) is 11.5 Å². The highest BCUT2D eigenvalue weighted by molar-refractivity contribution is 7.99. The predicted molar refractivity (Wildman–Crippen MR) is 49.2 cm³/mol. The highest BCUT2D eigenvalue weighted by Gasteiger charge is 2.19. The Bertz CT molecular complexity index is 145. The number of hydrogen-bond donors (Lipinski definition) is 1. The summed E-state index contributed by atoms with van der Waals surface area (Å²) >= 11 is 7.47. The molecule has 0 aliphatic carbocycles. The number of carbonyl (C=O) groups is 1. The smallest absolute Gasteiger partial charge is 0.238 e. The molecule has 1 aliphatic heterocycles. The van der Waals surface area contributed by atoms with Gasteiger partial charge < -0.3 is 5.32 Å². The third-order valence-corrected chi connectivity index (χ3v) is 3.00. The Labute approximate surface area is 76.1 Å². The van der Waals surface area contributed by atoms with Gasteiger partial charge in [0.05, 0.1) is 0 Å². The van der Waals surface area contributed by atoms with Gasteiger partial charge in [-0.15, -0.1) is 11.6 Å². The highest BCUT2D eigenvalue weighted by Crippen LogP contribution is 2.17. The molecule has 2 unspecified atom stereocenters. The Morgan fingerprint density at radius 2 is 2.55 bits per heavy atom. The summed E-state index contributed by atoms with van der Waals surface area (Å²) in [4.78, 5) is 11.0. The number of thioether (sulfide) groups is 1. The fourth-order valence-corrected chi connectivity index (χ4v) is 2.18. The molecule has 1 N–H and O–H groups in total. The maximum atomic E-state index is 11.0. The van der Waals surface area contributed by atoms with E-state index >= 15 is 0 Å². The summed E-state index contributed by atoms with van der Waals surface area (Å²) in [7, 11) is 0. The molecule has 0 radical (unpaired) electrons. The Balaban J connectivity index is 2.24. The van der Waals surface area contributed by atoms with Crippen molar-refractivity contribution in [3.8, 4) is 0 Å². The number of amides is 1. The Morgan fingerprint density at radius 3 is 3.00 bits per heavy atom. The largest absolute Gasteiger partial charge is 0.351 e. The average molecular weight is 194 g/mol. The quantitative estimate of drug-likeness (QED) is 0.669. The minimum absolute atomic E-state index is 0.0424. The molecular formula is C7H12ClNOS. The first kappa shape index (κ1) is 9.20. The lowest BCUT2D eigenvalue weighted by molar-refractivity contribution is -0.121. The number of nitrogens with one attached hydrogen (secondary N) is 1. The molecule has 2 atom stereocenters. The summed E-state index contributed by atoms with van der Waals surface area (Å²) < 4.78 is 0. The molecule has 1 saturated heterocycles. The topological polar surface area (TPSA) is 29.1 Å². The molecule has 0 aromatic carbocycles. The van der Waals surface area contributed by atoms with E-state index in [2.05, 4.69) is 5.32 Å². The van der Waals surface area contributed by atoms with Gasteiger partial charge in [-0.2, -0.15) is 11.8 Å². The van der Waals surface area contributed by atoms with Crippen LogP contribution in [-0.4, -0.2) is 28.8 Å². The summed E-state index contributed by atoms with van der Waals surface area (Å²) in [5.41, 5.74) is 0. The predicted octanol–water partition coefficient (Wildman–Crippen LogP) is 1.24. The molecule has 1 fully saturated rings. The number of alkyl halides is 1. The zero-order valence-corrected chi connectivity index (χ0v) is 8.04. The van der Waals surface area contributed by atoms with Gasteiger partial charge >= 0.3 is 0 Å². The van der Waals surface area contributed by atoms with Crippen LogP contribution in [0.1, 0.15) is 13.3 Å². The fourth-order valence-electron chi connectivity index (χ4n) is 0.964. The number of hydrogen-bond acceptors (Lipinski definition) is 2. The lowest BCUT2D eigenvalue weighted by Crippen LogP contribution is -2.38. The summed E-state index contributed by atoms with van der Waals surface area (Å²) in [5, 5.41) is 2.48. The monoisotopic (exact) mass is 193 g/mol. The Kier molecular flexibility index (Phi) is 3.52. The van der Waals surface area contributed by atoms with Gasteiger partial charge in [-0.25, -0.2) is 0 Å². The third-order valence-electron chi connectivity index (χ3n) is 1.64. The van der Waals surface area contributed by atoms with E-state index in [4.69, 9.17) is 11.6 Å². The van der Waals surface area contributed by atoms with Gasteiger partial charge in [0.2, 0.25) is 5.91 Å². The second-order valence-electron chi connectivity index (χ2n) is 2.69. The van der Waals surface area contributed by atoms with Gasteiger partial charge in [0.25, 0.3) is 0 Å². The van der Waals surface area contributed by atoms with Crippen molar-refractivity contribution in [1.82, 2.24) is 5.32 Å². The zero-order valence-electron chi connectivity index (χ0n) is 6.47. The molecule has 0 aromatic rings. The first-order valence-corrected chi connectivity index (χ1v) is 5.31. The average Bonchev–Trinajstić information content (AvgIpc) is 2.39. The van der Waals surface area contributed by atoms with Gasteiger partial charge in [-0.1, -0.05) is 0 Å². The van der Waals surface area contributed by atoms with Crippen molar-refractivity contribution in [3.05, 3.63) is 0 Å². The van der Waals surface area contributed by atoms with Gasteiger partial charge in [-0.3, -0.25) is 4.79 Å². The summed E-state index contributed by atoms with van der Waals surface area (Å²) in [6, 6.07) is 0.355. The van der Waals surface area contributed by atoms with Crippen molar-refractivity contribution >= 4 is 29.3 Å². The van der Waals surface area contributed by atoms with Gasteiger partial charge in [0.1, 0.15) is 5.38 Å². The van der Waals surface area contributed by atoms with Crippen LogP contribution < -0.4 is 5.32 Å². The van der Waals surface area contributed by atoms with Crippen LogP contribution in [0.4, 0.5) is 0 Å². The minimum atomic E-state index is -0.402. The van der Waals surface area contributed by atoms with E-state index in [1.165, 1.54) is 0 Å². The van der Waals surface area contributed by atoms with Gasteiger partial charge in [0.15, 0.2) is 0 Å². The molecular weight excluding hydrogens is 182 g/mol. The van der Waals surface area contributed by atoms with Crippen LogP contribution in [0.15, 0.2) is 0 Å². The molecule has 64 valence electrons. The standard InChI is InChI=1S/C7H12ClNOS/c1-5(8)7(10)9-6-2-3-11-4-6/h5-6H,2-4H2,1H3,(H,9,10). The van der Waals surface area contributed by atoms with E-state index in [9.17, 15) is 4.79 Å². The van der Waals surface area contributed by atoms with Crippen molar-refractivity contribution in [1.29, 1.82) is 0 Å². The normalized spacial score (nSPS) is 26.5. The van der Waals surface area contributed by atoms with E-state index in [1.54, 1.807) is 6.92 Å². The van der Waals surface area contributed by atoms with Gasteiger partial charge in [0, 0.05) is 11.8 Å². The molecule has 0 aromatic heterocycles. The lowest BCUT2D eigenvalue weighted by atomic mass is 10.2. The second-order valence-corrected chi connectivity index (χ2v) is 4.49. The lowest BCUT2D eigenvalue weighted by Gasteiger charge is -2.11. The molecule has 1 aliphatic rings. The van der Waals surface area contributed by atoms with Crippen LogP contribution in [0.5, 0.6) is 0 Å². The summed E-state index contributed by atoms with van der Waals surface area (Å²) in [5.74, 6) is 2.15. The van der Waals surface area contributed by atoms with Crippen LogP contribution >= 0.6 is 23.4 Å². The molecule has 0 spiro atoms. The van der Waals surface area contributed by atoms with E-state index in [0.29, 0.717) is 6.04 Å². The van der Waals surface area contributed by atoms with Crippen LogP contribution in [0.25, 0.3) is 0 Å². The Morgan fingerprint density at radius 1 is 1.82 bits per heavy atom. The van der Waals surface area contributed by atoms with Crippen LogP contribution in [0.2, 0.25) is 0 Å². The number of rotatable bonds is 2. The van der Waals surface area contributed by atoms with Gasteiger partial charge in [-0.05, 0) is 19.1 Å². The molecule has 1 amide bonds. The SMILES string of the molecule is CC(Cl)C(=O)NC1CCSC1. The highest BCUT2D eigenvalue weighted by atomic mass is 35.5. The first-order valence-electron chi connectivity index (χ1n) is 3.72. The van der Waals surface area contributed by atoms with Crippen LogP contribution in [0.3, 0.4) is 0 Å². The number of halogens is 1. The van der Waals surface area contributed by atoms with Crippen LogP contribution in [-0.2, 0) is 4.79 Å². The van der Waals surface area contributed by atoms with Crippen molar-refractivity contribution in [2.24, 2.45) is 0 Å². The van der Waals surface area contributed by atoms with Crippen molar-refractivity contribution < 1.29 is 4.79 Å². The van der Waals surface area contributed by atoms with Crippen LogP contribution in [0, 0.1) is 0 Å². The molecule has 4 heteroatoms. The maximum absolute atomic E-state index is 11.0. The number of carbonyl (C=O) groups excluding carboxylic acids is 1. The summed E-state index contributed by atoms with van der Waals surface area (Å²) in [6.07, 6.45) is 1.08. The maximum Gasteiger partial charge on any atom is 0.238 e. The first-order chi connectivity index (χ1) is 5.20. The zero-order chi connectivity index (χ0) is 8.27. The molecule has 1 rings (SSSR count). The van der Waals surface area contributed by atoms with E-state index < -0.39 is 5.38 Å². The molecule has 0 bridgehead atoms. The summed E-state index contributed by atoms with van der Waals surface area (Å²) in [6.45, 7) is 1.69. The molecule has 2 nitrogen and oxygen atoms in total. The molecule has 11 heavy (non-hydrogen) atoms. The van der Waals surface area contributed by atoms with Crippen molar-refractivity contribution in [2.45, 2.75) is 24.8 Å². The Hall–Kier alpha value is 0.110. The third kappa shape index (κ3) is 2.91. The van der Waals surface area contributed by atoms with Crippen molar-refractivity contribution in [3.63, 3.8) is 0 Å². The van der Waals surface area contributed by atoms with E-state index in [0.717, 1.165) is 17.9 Å². The fraction of sp³-hybridized carbons (Fsp3) is 0.857. The molecule has 1 heterocycles. The van der Waals surface area contributed by atoms with E-state index in [-0.39, 0.29) is 5.91 Å². The van der Waals surface area contributed by atoms with E-state index in [1.807, 2.05) is 11.8 Å². The minimum Gasteiger partial charge on any atom is -0.351 e. The molecule has 0 saturated carbocycles. The second kappa shape index (κ2) is 4.21.